The second kappa shape index (κ2) is 12.3. The molecule has 0 atom stereocenters. The molecule has 0 heterocycles. The van der Waals surface area contributed by atoms with E-state index in [1.54, 1.807) is 24.3 Å². The first-order valence-corrected chi connectivity index (χ1v) is 10.2. The van der Waals surface area contributed by atoms with Crippen LogP contribution in [0.3, 0.4) is 0 Å². The van der Waals surface area contributed by atoms with Gasteiger partial charge in [0, 0.05) is 6.07 Å². The summed E-state index contributed by atoms with van der Waals surface area (Å²) in [6.07, 6.45) is 9.80. The van der Waals surface area contributed by atoms with E-state index in [0.29, 0.717) is 17.9 Å². The molecule has 0 saturated carbocycles. The Morgan fingerprint density at radius 2 is 1.24 bits per heavy atom. The molecule has 2 rings (SSSR count). The zero-order valence-electron chi connectivity index (χ0n) is 16.8. The van der Waals surface area contributed by atoms with Crippen molar-refractivity contribution < 1.29 is 27.0 Å². The van der Waals surface area contributed by atoms with Crippen molar-refractivity contribution in [2.75, 3.05) is 6.61 Å². The van der Waals surface area contributed by atoms with Gasteiger partial charge in [-0.25, -0.2) is 8.78 Å². The topological polar surface area (TPSA) is 18.5 Å². The van der Waals surface area contributed by atoms with E-state index < -0.39 is 29.0 Å². The lowest BCUT2D eigenvalue weighted by Crippen LogP contribution is -2.04. The van der Waals surface area contributed by atoms with Gasteiger partial charge in [-0.05, 0) is 24.1 Å². The second-order valence-electron chi connectivity index (χ2n) is 7.05. The molecule has 6 heteroatoms. The van der Waals surface area contributed by atoms with Crippen LogP contribution >= 0.6 is 0 Å². The average molecular weight is 412 g/mol. The van der Waals surface area contributed by atoms with E-state index in [1.807, 2.05) is 0 Å². The Kier molecular flexibility index (Phi) is 9.81. The fourth-order valence-corrected chi connectivity index (χ4v) is 2.94. The van der Waals surface area contributed by atoms with Crippen molar-refractivity contribution in [3.63, 3.8) is 0 Å². The molecule has 0 bridgehead atoms. The molecule has 0 amide bonds. The van der Waals surface area contributed by atoms with Crippen molar-refractivity contribution in [3.8, 4) is 11.5 Å². The van der Waals surface area contributed by atoms with Crippen LogP contribution < -0.4 is 9.47 Å². The molecule has 2 aromatic carbocycles. The Balaban J connectivity index is 1.70. The third-order valence-electron chi connectivity index (χ3n) is 4.64. The van der Waals surface area contributed by atoms with Gasteiger partial charge in [0.15, 0.2) is 17.4 Å². The SMILES string of the molecule is CCCCCCCCCCOc1ccc(COc2c(F)c(F)cc(F)c2F)cc1. The minimum atomic E-state index is -1.55. The molecule has 0 saturated heterocycles. The first-order valence-electron chi connectivity index (χ1n) is 10.2. The Morgan fingerprint density at radius 1 is 0.690 bits per heavy atom. The number of benzene rings is 2. The third-order valence-corrected chi connectivity index (χ3v) is 4.64. The van der Waals surface area contributed by atoms with E-state index in [1.165, 1.54) is 38.5 Å². The molecule has 0 aliphatic carbocycles. The van der Waals surface area contributed by atoms with Crippen LogP contribution in [0, 0.1) is 23.3 Å². The van der Waals surface area contributed by atoms with Gasteiger partial charge in [-0.15, -0.1) is 0 Å². The highest BCUT2D eigenvalue weighted by atomic mass is 19.2. The summed E-state index contributed by atoms with van der Waals surface area (Å²) in [5, 5.41) is 0. The quantitative estimate of drug-likeness (QED) is 0.195. The lowest BCUT2D eigenvalue weighted by atomic mass is 10.1. The lowest BCUT2D eigenvalue weighted by Gasteiger charge is -2.10. The zero-order valence-corrected chi connectivity index (χ0v) is 16.8. The van der Waals surface area contributed by atoms with Gasteiger partial charge >= 0.3 is 0 Å². The minimum Gasteiger partial charge on any atom is -0.494 e. The van der Waals surface area contributed by atoms with Gasteiger partial charge in [0.05, 0.1) is 6.61 Å². The van der Waals surface area contributed by atoms with E-state index in [0.717, 1.165) is 12.8 Å². The molecule has 160 valence electrons. The lowest BCUT2D eigenvalue weighted by molar-refractivity contribution is 0.261. The smallest absolute Gasteiger partial charge is 0.203 e. The highest BCUT2D eigenvalue weighted by Gasteiger charge is 2.20. The molecule has 0 spiro atoms. The van der Waals surface area contributed by atoms with E-state index in [4.69, 9.17) is 9.47 Å². The Hall–Kier alpha value is -2.24. The maximum Gasteiger partial charge on any atom is 0.203 e. The van der Waals surface area contributed by atoms with E-state index >= 15 is 0 Å². The molecular weight excluding hydrogens is 384 g/mol. The first-order chi connectivity index (χ1) is 14.0. The van der Waals surface area contributed by atoms with Gasteiger partial charge < -0.3 is 9.47 Å². The van der Waals surface area contributed by atoms with Gasteiger partial charge in [-0.1, -0.05) is 64.0 Å². The summed E-state index contributed by atoms with van der Waals surface area (Å²) < 4.78 is 64.2. The van der Waals surface area contributed by atoms with Gasteiger partial charge in [-0.3, -0.25) is 0 Å². The predicted octanol–water partition coefficient (Wildman–Crippen LogP) is 7.34. The van der Waals surface area contributed by atoms with E-state index in [9.17, 15) is 17.6 Å². The molecule has 0 aliphatic heterocycles. The summed E-state index contributed by atoms with van der Waals surface area (Å²) in [5.74, 6) is -6.46. The fraction of sp³-hybridized carbons (Fsp3) is 0.478. The van der Waals surface area contributed by atoms with Crippen LogP contribution in [0.15, 0.2) is 30.3 Å². The Labute approximate surface area is 169 Å². The number of unbranched alkanes of at least 4 members (excludes halogenated alkanes) is 7. The van der Waals surface area contributed by atoms with Crippen LogP contribution in [0.2, 0.25) is 0 Å². The van der Waals surface area contributed by atoms with Crippen LogP contribution in [0.5, 0.6) is 11.5 Å². The summed E-state index contributed by atoms with van der Waals surface area (Å²) in [5.41, 5.74) is 0.591. The van der Waals surface area contributed by atoms with E-state index in [2.05, 4.69) is 6.92 Å². The minimum absolute atomic E-state index is 0.149. The maximum atomic E-state index is 13.6. The number of halogens is 4. The summed E-state index contributed by atoms with van der Waals surface area (Å²) in [6, 6.07) is 6.95. The number of hydrogen-bond acceptors (Lipinski definition) is 2. The van der Waals surface area contributed by atoms with Gasteiger partial charge in [-0.2, -0.15) is 8.78 Å². The highest BCUT2D eigenvalue weighted by Crippen LogP contribution is 2.27. The second-order valence-corrected chi connectivity index (χ2v) is 7.05. The third kappa shape index (κ3) is 7.59. The van der Waals surface area contributed by atoms with Crippen molar-refractivity contribution in [2.24, 2.45) is 0 Å². The van der Waals surface area contributed by atoms with Crippen molar-refractivity contribution in [1.82, 2.24) is 0 Å². The molecule has 29 heavy (non-hydrogen) atoms. The fourth-order valence-electron chi connectivity index (χ4n) is 2.94. The predicted molar refractivity (Wildman–Crippen MR) is 105 cm³/mol. The molecular formula is C23H28F4O2. The first kappa shape index (κ1) is 23.0. The van der Waals surface area contributed by atoms with Gasteiger partial charge in [0.25, 0.3) is 0 Å². The van der Waals surface area contributed by atoms with Crippen molar-refractivity contribution >= 4 is 0 Å². The van der Waals surface area contributed by atoms with Crippen LogP contribution in [-0.4, -0.2) is 6.61 Å². The van der Waals surface area contributed by atoms with Crippen molar-refractivity contribution in [3.05, 3.63) is 59.2 Å². The summed E-state index contributed by atoms with van der Waals surface area (Å²) in [4.78, 5) is 0. The van der Waals surface area contributed by atoms with E-state index in [-0.39, 0.29) is 12.7 Å². The Bertz CT molecular complexity index is 721. The van der Waals surface area contributed by atoms with Crippen LogP contribution in [0.4, 0.5) is 17.6 Å². The zero-order chi connectivity index (χ0) is 21.1. The molecule has 0 aliphatic rings. The standard InChI is InChI=1S/C23H28F4O2/c1-2-3-4-5-6-7-8-9-14-28-18-12-10-17(11-13-18)16-29-23-21(26)19(24)15-20(25)22(23)27/h10-13,15H,2-9,14,16H2,1H3. The number of hydrogen-bond donors (Lipinski definition) is 0. The largest absolute Gasteiger partial charge is 0.494 e. The number of rotatable bonds is 13. The molecule has 0 aromatic heterocycles. The van der Waals surface area contributed by atoms with Gasteiger partial charge in [0.2, 0.25) is 11.6 Å². The molecule has 0 N–H and O–H groups in total. The van der Waals surface area contributed by atoms with Crippen molar-refractivity contribution in [1.29, 1.82) is 0 Å². The molecule has 0 unspecified atom stereocenters. The average Bonchev–Trinajstić information content (AvgIpc) is 2.72. The maximum absolute atomic E-state index is 13.6. The van der Waals surface area contributed by atoms with Gasteiger partial charge in [0.1, 0.15) is 12.4 Å². The molecule has 2 nitrogen and oxygen atoms in total. The molecule has 2 aromatic rings. The molecule has 0 radical (unpaired) electrons. The summed E-state index contributed by atoms with van der Waals surface area (Å²) >= 11 is 0. The number of ether oxygens (including phenoxy) is 2. The highest BCUT2D eigenvalue weighted by molar-refractivity contribution is 5.30. The normalized spacial score (nSPS) is 10.9. The summed E-state index contributed by atoms with van der Waals surface area (Å²) in [6.45, 7) is 2.61. The Morgan fingerprint density at radius 3 is 1.83 bits per heavy atom. The summed E-state index contributed by atoms with van der Waals surface area (Å²) in [7, 11) is 0. The van der Waals surface area contributed by atoms with Crippen molar-refractivity contribution in [2.45, 2.75) is 64.9 Å². The molecule has 0 fully saturated rings. The van der Waals surface area contributed by atoms with Crippen LogP contribution in [0.1, 0.15) is 63.9 Å². The van der Waals surface area contributed by atoms with Crippen LogP contribution in [-0.2, 0) is 6.61 Å². The monoisotopic (exact) mass is 412 g/mol. The van der Waals surface area contributed by atoms with Crippen LogP contribution in [0.25, 0.3) is 0 Å².